The number of hydrogen-bond donors (Lipinski definition) is 1. The lowest BCUT2D eigenvalue weighted by Crippen LogP contribution is -2.22. The Hall–Kier alpha value is -3.27. The van der Waals surface area contributed by atoms with Gasteiger partial charge in [-0.3, -0.25) is 4.79 Å². The third kappa shape index (κ3) is 3.40. The van der Waals surface area contributed by atoms with Crippen LogP contribution in [0, 0.1) is 6.92 Å². The highest BCUT2D eigenvalue weighted by Crippen LogP contribution is 2.32. The van der Waals surface area contributed by atoms with E-state index < -0.39 is 0 Å². The van der Waals surface area contributed by atoms with Gasteiger partial charge in [0.1, 0.15) is 0 Å². The summed E-state index contributed by atoms with van der Waals surface area (Å²) in [5.74, 6) is 1.36. The maximum absolute atomic E-state index is 12.5. The van der Waals surface area contributed by atoms with Gasteiger partial charge in [-0.1, -0.05) is 48.0 Å². The van der Waals surface area contributed by atoms with Crippen molar-refractivity contribution in [1.29, 1.82) is 0 Å². The SMILES string of the molecule is Cc1cccc(-c2cccc(C(=O)NCc3ccc4c(c3)OCO4)c2)c1. The van der Waals surface area contributed by atoms with Crippen molar-refractivity contribution in [3.05, 3.63) is 83.4 Å². The Morgan fingerprint density at radius 2 is 1.69 bits per heavy atom. The zero-order valence-corrected chi connectivity index (χ0v) is 14.5. The molecule has 26 heavy (non-hydrogen) atoms. The highest BCUT2D eigenvalue weighted by Gasteiger charge is 2.14. The summed E-state index contributed by atoms with van der Waals surface area (Å²) in [6.07, 6.45) is 0. The highest BCUT2D eigenvalue weighted by atomic mass is 16.7. The van der Waals surface area contributed by atoms with Crippen molar-refractivity contribution >= 4 is 5.91 Å². The molecule has 3 aromatic carbocycles. The van der Waals surface area contributed by atoms with Crippen molar-refractivity contribution in [2.75, 3.05) is 6.79 Å². The average molecular weight is 345 g/mol. The van der Waals surface area contributed by atoms with Crippen molar-refractivity contribution in [3.63, 3.8) is 0 Å². The average Bonchev–Trinajstić information content (AvgIpc) is 3.14. The van der Waals surface area contributed by atoms with Gasteiger partial charge in [-0.15, -0.1) is 0 Å². The predicted molar refractivity (Wildman–Crippen MR) is 100 cm³/mol. The Balaban J connectivity index is 1.47. The topological polar surface area (TPSA) is 47.6 Å². The Morgan fingerprint density at radius 3 is 2.54 bits per heavy atom. The molecule has 0 bridgehead atoms. The van der Waals surface area contributed by atoms with Crippen molar-refractivity contribution in [3.8, 4) is 22.6 Å². The van der Waals surface area contributed by atoms with Crippen molar-refractivity contribution in [1.82, 2.24) is 5.32 Å². The van der Waals surface area contributed by atoms with E-state index in [1.165, 1.54) is 5.56 Å². The molecule has 0 unspecified atom stereocenters. The first-order valence-corrected chi connectivity index (χ1v) is 8.53. The molecule has 1 N–H and O–H groups in total. The second-order valence-electron chi connectivity index (χ2n) is 6.32. The summed E-state index contributed by atoms with van der Waals surface area (Å²) < 4.78 is 10.7. The minimum Gasteiger partial charge on any atom is -0.454 e. The van der Waals surface area contributed by atoms with Gasteiger partial charge in [-0.05, 0) is 47.9 Å². The van der Waals surface area contributed by atoms with Crippen LogP contribution in [0.25, 0.3) is 11.1 Å². The number of carbonyl (C=O) groups excluding carboxylic acids is 1. The van der Waals surface area contributed by atoms with E-state index in [4.69, 9.17) is 9.47 Å². The van der Waals surface area contributed by atoms with Gasteiger partial charge in [0.25, 0.3) is 5.91 Å². The first kappa shape index (κ1) is 16.2. The fraction of sp³-hybridized carbons (Fsp3) is 0.136. The van der Waals surface area contributed by atoms with E-state index in [1.807, 2.05) is 48.5 Å². The highest BCUT2D eigenvalue weighted by molar-refractivity contribution is 5.95. The molecule has 4 heteroatoms. The van der Waals surface area contributed by atoms with Crippen molar-refractivity contribution in [2.45, 2.75) is 13.5 Å². The third-order valence-corrected chi connectivity index (χ3v) is 4.37. The number of carbonyl (C=O) groups is 1. The molecule has 0 radical (unpaired) electrons. The van der Waals surface area contributed by atoms with Crippen LogP contribution in [0.5, 0.6) is 11.5 Å². The zero-order valence-electron chi connectivity index (χ0n) is 14.5. The molecule has 4 nitrogen and oxygen atoms in total. The molecule has 1 aliphatic rings. The van der Waals surface area contributed by atoms with Gasteiger partial charge in [0.15, 0.2) is 11.5 Å². The molecule has 3 aromatic rings. The lowest BCUT2D eigenvalue weighted by molar-refractivity contribution is 0.0951. The smallest absolute Gasteiger partial charge is 0.251 e. The number of ether oxygens (including phenoxy) is 2. The van der Waals surface area contributed by atoms with Gasteiger partial charge in [0.2, 0.25) is 6.79 Å². The van der Waals surface area contributed by atoms with Crippen LogP contribution in [-0.2, 0) is 6.54 Å². The van der Waals surface area contributed by atoms with Crippen LogP contribution in [0.3, 0.4) is 0 Å². The number of benzene rings is 3. The molecular formula is C22H19NO3. The molecule has 0 saturated heterocycles. The minimum absolute atomic E-state index is 0.0998. The fourth-order valence-electron chi connectivity index (χ4n) is 3.00. The Labute approximate surface area is 152 Å². The van der Waals surface area contributed by atoms with Crippen LogP contribution in [0.2, 0.25) is 0 Å². The van der Waals surface area contributed by atoms with Crippen LogP contribution in [0.15, 0.2) is 66.7 Å². The molecular weight excluding hydrogens is 326 g/mol. The summed E-state index contributed by atoms with van der Waals surface area (Å²) in [5, 5.41) is 2.96. The van der Waals surface area contributed by atoms with Crippen molar-refractivity contribution < 1.29 is 14.3 Å². The van der Waals surface area contributed by atoms with Crippen LogP contribution >= 0.6 is 0 Å². The molecule has 0 fully saturated rings. The summed E-state index contributed by atoms with van der Waals surface area (Å²) in [5.41, 5.74) is 4.95. The molecule has 1 aliphatic heterocycles. The predicted octanol–water partition coefficient (Wildman–Crippen LogP) is 4.32. The minimum atomic E-state index is -0.0998. The molecule has 0 aromatic heterocycles. The molecule has 0 aliphatic carbocycles. The van der Waals surface area contributed by atoms with E-state index in [-0.39, 0.29) is 12.7 Å². The monoisotopic (exact) mass is 345 g/mol. The molecule has 0 atom stereocenters. The molecule has 0 saturated carbocycles. The number of amides is 1. The summed E-state index contributed by atoms with van der Waals surface area (Å²) >= 11 is 0. The Kier molecular flexibility index (Phi) is 4.32. The summed E-state index contributed by atoms with van der Waals surface area (Å²) in [6.45, 7) is 2.74. The maximum Gasteiger partial charge on any atom is 0.251 e. The van der Waals surface area contributed by atoms with Gasteiger partial charge in [0.05, 0.1) is 0 Å². The van der Waals surface area contributed by atoms with E-state index in [0.29, 0.717) is 12.1 Å². The molecule has 4 rings (SSSR count). The first-order chi connectivity index (χ1) is 12.7. The summed E-state index contributed by atoms with van der Waals surface area (Å²) in [6, 6.07) is 21.6. The Bertz CT molecular complexity index is 965. The number of nitrogens with one attached hydrogen (secondary N) is 1. The van der Waals surface area contributed by atoms with E-state index in [0.717, 1.165) is 28.2 Å². The summed E-state index contributed by atoms with van der Waals surface area (Å²) in [7, 11) is 0. The summed E-state index contributed by atoms with van der Waals surface area (Å²) in [4.78, 5) is 12.5. The normalized spacial score (nSPS) is 12.0. The van der Waals surface area contributed by atoms with Gasteiger partial charge >= 0.3 is 0 Å². The second-order valence-corrected chi connectivity index (χ2v) is 6.32. The number of fused-ring (bicyclic) bond motifs is 1. The number of hydrogen-bond acceptors (Lipinski definition) is 3. The maximum atomic E-state index is 12.5. The standard InChI is InChI=1S/C22H19NO3/c1-15-4-2-5-17(10-15)18-6-3-7-19(12-18)22(24)23-13-16-8-9-20-21(11-16)26-14-25-20/h2-12H,13-14H2,1H3,(H,23,24). The van der Waals surface area contributed by atoms with Crippen LogP contribution < -0.4 is 14.8 Å². The molecule has 130 valence electrons. The van der Waals surface area contributed by atoms with E-state index in [2.05, 4.69) is 30.4 Å². The van der Waals surface area contributed by atoms with Crippen LogP contribution in [0.1, 0.15) is 21.5 Å². The van der Waals surface area contributed by atoms with Gasteiger partial charge in [-0.25, -0.2) is 0 Å². The first-order valence-electron chi connectivity index (χ1n) is 8.53. The lowest BCUT2D eigenvalue weighted by atomic mass is 10.0. The van der Waals surface area contributed by atoms with Gasteiger partial charge in [0, 0.05) is 12.1 Å². The van der Waals surface area contributed by atoms with Crippen LogP contribution in [-0.4, -0.2) is 12.7 Å². The lowest BCUT2D eigenvalue weighted by Gasteiger charge is -2.08. The largest absolute Gasteiger partial charge is 0.454 e. The van der Waals surface area contributed by atoms with E-state index in [1.54, 1.807) is 0 Å². The number of aryl methyl sites for hydroxylation is 1. The van der Waals surface area contributed by atoms with E-state index >= 15 is 0 Å². The number of rotatable bonds is 4. The molecule has 1 amide bonds. The molecule has 0 spiro atoms. The van der Waals surface area contributed by atoms with E-state index in [9.17, 15) is 4.79 Å². The molecule has 1 heterocycles. The van der Waals surface area contributed by atoms with Gasteiger partial charge < -0.3 is 14.8 Å². The Morgan fingerprint density at radius 1 is 0.923 bits per heavy atom. The second kappa shape index (κ2) is 6.92. The third-order valence-electron chi connectivity index (χ3n) is 4.37. The van der Waals surface area contributed by atoms with Crippen molar-refractivity contribution in [2.24, 2.45) is 0 Å². The van der Waals surface area contributed by atoms with Gasteiger partial charge in [-0.2, -0.15) is 0 Å². The van der Waals surface area contributed by atoms with Crippen LogP contribution in [0.4, 0.5) is 0 Å². The zero-order chi connectivity index (χ0) is 17.9. The quantitative estimate of drug-likeness (QED) is 0.766. The fourth-order valence-corrected chi connectivity index (χ4v) is 3.00.